The molecule has 0 unspecified atom stereocenters. The van der Waals surface area contributed by atoms with E-state index < -0.39 is 45.8 Å². The molecule has 0 radical (unpaired) electrons. The number of nitrogens with zero attached hydrogens (tertiary/aromatic N) is 1. The summed E-state index contributed by atoms with van der Waals surface area (Å²) in [6.45, 7) is 0. The fourth-order valence-electron chi connectivity index (χ4n) is 3.47. The summed E-state index contributed by atoms with van der Waals surface area (Å²) in [6.07, 6.45) is -11.2. The quantitative estimate of drug-likeness (QED) is 0.504. The molecular weight excluding hydrogens is 460 g/mol. The van der Waals surface area contributed by atoms with Gasteiger partial charge in [0.25, 0.3) is 11.5 Å². The van der Waals surface area contributed by atoms with E-state index >= 15 is 0 Å². The minimum Gasteiger partial charge on any atom is -0.359 e. The molecule has 2 aromatic carbocycles. The molecule has 166 valence electrons. The number of halogens is 6. The van der Waals surface area contributed by atoms with Gasteiger partial charge in [0.05, 0.1) is 21.9 Å². The molecular formula is C21H11F6NO3S. The number of thioether (sulfide) groups is 1. The van der Waals surface area contributed by atoms with Crippen LogP contribution in [0.25, 0.3) is 0 Å². The van der Waals surface area contributed by atoms with Crippen LogP contribution in [0.15, 0.2) is 81.7 Å². The van der Waals surface area contributed by atoms with E-state index in [0.717, 1.165) is 6.07 Å². The normalized spacial score (nSPS) is 20.6. The number of rotatable bonds is 3. The predicted octanol–water partition coefficient (Wildman–Crippen LogP) is 5.02. The molecule has 1 N–H and O–H groups in total. The zero-order chi connectivity index (χ0) is 23.5. The number of alkyl halides is 6. The number of aliphatic hydroxyl groups is 1. The lowest BCUT2D eigenvalue weighted by Gasteiger charge is -2.43. The molecule has 0 saturated carbocycles. The largest absolute Gasteiger partial charge is 0.454 e. The first kappa shape index (κ1) is 22.2. The van der Waals surface area contributed by atoms with Gasteiger partial charge in [-0.2, -0.15) is 26.3 Å². The maximum Gasteiger partial charge on any atom is 0.454 e. The van der Waals surface area contributed by atoms with Crippen LogP contribution in [-0.4, -0.2) is 34.8 Å². The molecule has 2 aliphatic heterocycles. The third kappa shape index (κ3) is 3.23. The first-order valence-corrected chi connectivity index (χ1v) is 9.73. The van der Waals surface area contributed by atoms with Crippen molar-refractivity contribution in [3.63, 3.8) is 0 Å². The van der Waals surface area contributed by atoms with Gasteiger partial charge in [0.15, 0.2) is 5.78 Å². The van der Waals surface area contributed by atoms with Crippen LogP contribution >= 0.6 is 11.8 Å². The lowest BCUT2D eigenvalue weighted by molar-refractivity contribution is -0.244. The first-order valence-electron chi connectivity index (χ1n) is 8.91. The van der Waals surface area contributed by atoms with Crippen molar-refractivity contribution in [3.05, 3.63) is 82.4 Å². The molecule has 2 aliphatic rings. The van der Waals surface area contributed by atoms with Crippen LogP contribution in [0.5, 0.6) is 0 Å². The van der Waals surface area contributed by atoms with Crippen molar-refractivity contribution in [2.75, 3.05) is 4.90 Å². The van der Waals surface area contributed by atoms with E-state index in [1.165, 1.54) is 42.5 Å². The summed E-state index contributed by atoms with van der Waals surface area (Å²) in [6, 6.07) is 12.5. The van der Waals surface area contributed by atoms with Crippen LogP contribution in [0.4, 0.5) is 32.0 Å². The Bertz CT molecular complexity index is 1190. The monoisotopic (exact) mass is 471 g/mol. The number of carbonyl (C=O) groups excluding carboxylic acids is 2. The second-order valence-corrected chi connectivity index (χ2v) is 7.90. The molecule has 0 fully saturated rings. The van der Waals surface area contributed by atoms with Crippen molar-refractivity contribution in [3.8, 4) is 0 Å². The van der Waals surface area contributed by atoms with Crippen LogP contribution in [0.3, 0.4) is 0 Å². The Balaban J connectivity index is 2.04. The van der Waals surface area contributed by atoms with Crippen molar-refractivity contribution in [2.45, 2.75) is 23.0 Å². The molecule has 1 atom stereocenters. The number of carbonyl (C=O) groups is 2. The highest BCUT2D eigenvalue weighted by molar-refractivity contribution is 8.03. The number of fused-ring (bicyclic) bond motifs is 3. The van der Waals surface area contributed by atoms with E-state index in [1.807, 2.05) is 0 Å². The Morgan fingerprint density at radius 2 is 1.50 bits per heavy atom. The standard InChI is InChI=1S/C21H11F6NO3S/c22-20(23,24)17(30)13-10-12(16(29)11-6-2-1-3-7-11)18-28(19(13,31)21(25,26)27)14-8-4-5-9-15(14)32-18/h1-10,31H/t19-/m1/s1. The van der Waals surface area contributed by atoms with Gasteiger partial charge in [0.2, 0.25) is 0 Å². The van der Waals surface area contributed by atoms with E-state index in [9.17, 15) is 41.0 Å². The Morgan fingerprint density at radius 1 is 0.906 bits per heavy atom. The summed E-state index contributed by atoms with van der Waals surface area (Å²) in [5.74, 6) is -3.80. The lowest BCUT2D eigenvalue weighted by Crippen LogP contribution is -2.63. The number of benzene rings is 2. The zero-order valence-corrected chi connectivity index (χ0v) is 16.5. The minimum absolute atomic E-state index is 0.0148. The molecule has 11 heteroatoms. The summed E-state index contributed by atoms with van der Waals surface area (Å²) >= 11 is 0.678. The van der Waals surface area contributed by atoms with Crippen LogP contribution in [-0.2, 0) is 4.79 Å². The number of para-hydroxylation sites is 1. The topological polar surface area (TPSA) is 57.6 Å². The van der Waals surface area contributed by atoms with Gasteiger partial charge in [-0.05, 0) is 18.2 Å². The lowest BCUT2D eigenvalue weighted by atomic mass is 9.88. The van der Waals surface area contributed by atoms with Crippen molar-refractivity contribution >= 4 is 29.0 Å². The van der Waals surface area contributed by atoms with Crippen molar-refractivity contribution < 1.29 is 41.0 Å². The van der Waals surface area contributed by atoms with Crippen LogP contribution in [0, 0.1) is 0 Å². The molecule has 0 saturated heterocycles. The molecule has 0 spiro atoms. The third-order valence-electron chi connectivity index (χ3n) is 4.91. The molecule has 2 aromatic rings. The summed E-state index contributed by atoms with van der Waals surface area (Å²) in [5.41, 5.74) is -7.21. The number of hydrogen-bond donors (Lipinski definition) is 1. The number of allylic oxidation sites excluding steroid dienone is 2. The zero-order valence-electron chi connectivity index (χ0n) is 15.7. The first-order chi connectivity index (χ1) is 14.9. The van der Waals surface area contributed by atoms with Gasteiger partial charge in [-0.25, -0.2) is 0 Å². The smallest absolute Gasteiger partial charge is 0.359 e. The molecule has 0 bridgehead atoms. The average molecular weight is 471 g/mol. The minimum atomic E-state index is -5.73. The second kappa shape index (κ2) is 7.24. The van der Waals surface area contributed by atoms with E-state index in [2.05, 4.69) is 0 Å². The van der Waals surface area contributed by atoms with Gasteiger partial charge in [-0.3, -0.25) is 14.5 Å². The van der Waals surface area contributed by atoms with E-state index in [-0.39, 0.29) is 27.1 Å². The summed E-state index contributed by atoms with van der Waals surface area (Å²) in [5, 5.41) is 10.3. The Labute approximate surface area is 180 Å². The maximum atomic E-state index is 14.1. The molecule has 0 aliphatic carbocycles. The van der Waals surface area contributed by atoms with Gasteiger partial charge >= 0.3 is 12.4 Å². The van der Waals surface area contributed by atoms with Crippen molar-refractivity contribution in [1.82, 2.24) is 0 Å². The molecule has 32 heavy (non-hydrogen) atoms. The van der Waals surface area contributed by atoms with Gasteiger partial charge in [-0.1, -0.05) is 54.2 Å². The van der Waals surface area contributed by atoms with Crippen LogP contribution in [0.2, 0.25) is 0 Å². The molecule has 4 rings (SSSR count). The molecule has 0 aromatic heterocycles. The van der Waals surface area contributed by atoms with Crippen LogP contribution in [0.1, 0.15) is 10.4 Å². The summed E-state index contributed by atoms with van der Waals surface area (Å²) < 4.78 is 82.2. The maximum absolute atomic E-state index is 14.1. The summed E-state index contributed by atoms with van der Waals surface area (Å²) in [4.78, 5) is 25.5. The summed E-state index contributed by atoms with van der Waals surface area (Å²) in [7, 11) is 0. The number of anilines is 1. The van der Waals surface area contributed by atoms with E-state index in [0.29, 0.717) is 11.8 Å². The average Bonchev–Trinajstić information content (AvgIpc) is 3.12. The Kier molecular flexibility index (Phi) is 5.01. The fourth-order valence-corrected chi connectivity index (χ4v) is 4.68. The number of ketones is 2. The van der Waals surface area contributed by atoms with Crippen LogP contribution < -0.4 is 4.90 Å². The highest BCUT2D eigenvalue weighted by atomic mass is 32.2. The predicted molar refractivity (Wildman–Crippen MR) is 103 cm³/mol. The SMILES string of the molecule is O=C(C1=C2Sc3ccccc3N2[C@](O)(C(F)(F)F)C(C(=O)C(F)(F)F)=C1)c1ccccc1. The van der Waals surface area contributed by atoms with Crippen molar-refractivity contribution in [1.29, 1.82) is 0 Å². The molecule has 4 nitrogen and oxygen atoms in total. The van der Waals surface area contributed by atoms with Gasteiger partial charge in [0, 0.05) is 10.5 Å². The van der Waals surface area contributed by atoms with E-state index in [4.69, 9.17) is 0 Å². The highest BCUT2D eigenvalue weighted by Gasteiger charge is 2.68. The fraction of sp³-hybridized carbons (Fsp3) is 0.143. The highest BCUT2D eigenvalue weighted by Crippen LogP contribution is 2.57. The molecule has 0 amide bonds. The van der Waals surface area contributed by atoms with Gasteiger partial charge in [-0.15, -0.1) is 0 Å². The number of hydrogen-bond acceptors (Lipinski definition) is 5. The van der Waals surface area contributed by atoms with Gasteiger partial charge in [0.1, 0.15) is 0 Å². The van der Waals surface area contributed by atoms with E-state index in [1.54, 1.807) is 6.07 Å². The second-order valence-electron chi connectivity index (χ2n) is 6.87. The van der Waals surface area contributed by atoms with Crippen molar-refractivity contribution in [2.24, 2.45) is 0 Å². The third-order valence-corrected chi connectivity index (χ3v) is 6.07. The van der Waals surface area contributed by atoms with Gasteiger partial charge < -0.3 is 5.11 Å². The Morgan fingerprint density at radius 3 is 2.09 bits per heavy atom. The number of Topliss-reactive ketones (excluding diaryl/α,β-unsaturated/α-hetero) is 2. The molecule has 2 heterocycles. The Hall–Kier alpha value is -3.05.